The Hall–Kier alpha value is -3.45. The average molecular weight is 384 g/mol. The Morgan fingerprint density at radius 1 is 1.07 bits per heavy atom. The monoisotopic (exact) mass is 383 g/mol. The highest BCUT2D eigenvalue weighted by molar-refractivity contribution is 6.30. The van der Waals surface area contributed by atoms with Crippen molar-refractivity contribution in [2.75, 3.05) is 0 Å². The Balaban J connectivity index is 1.70. The van der Waals surface area contributed by atoms with E-state index in [2.05, 4.69) is 15.3 Å². The first-order valence-electron chi connectivity index (χ1n) is 7.90. The van der Waals surface area contributed by atoms with E-state index in [0.29, 0.717) is 22.0 Å². The van der Waals surface area contributed by atoms with Crippen LogP contribution in [0.5, 0.6) is 0 Å². The van der Waals surface area contributed by atoms with Crippen molar-refractivity contribution < 1.29 is 14.7 Å². The van der Waals surface area contributed by atoms with Crippen LogP contribution in [-0.4, -0.2) is 27.0 Å². The van der Waals surface area contributed by atoms with Crippen molar-refractivity contribution in [1.82, 2.24) is 15.3 Å². The van der Waals surface area contributed by atoms with Gasteiger partial charge in [0, 0.05) is 23.3 Å². The number of aromatic carboxylic acids is 1. The molecule has 136 valence electrons. The summed E-state index contributed by atoms with van der Waals surface area (Å²) in [5.41, 5.74) is 0.851. The third kappa shape index (κ3) is 4.39. The Morgan fingerprint density at radius 2 is 1.74 bits per heavy atom. The fourth-order valence-electron chi connectivity index (χ4n) is 2.35. The van der Waals surface area contributed by atoms with Gasteiger partial charge in [-0.05, 0) is 42.0 Å². The van der Waals surface area contributed by atoms with Gasteiger partial charge in [-0.1, -0.05) is 23.7 Å². The van der Waals surface area contributed by atoms with Gasteiger partial charge in [-0.2, -0.15) is 0 Å². The lowest BCUT2D eigenvalue weighted by Crippen LogP contribution is -2.29. The molecule has 0 atom stereocenters. The largest absolute Gasteiger partial charge is 0.478 e. The van der Waals surface area contributed by atoms with Crippen LogP contribution in [0.1, 0.15) is 26.3 Å². The van der Waals surface area contributed by atoms with Gasteiger partial charge < -0.3 is 15.4 Å². The maximum absolute atomic E-state index is 12.2. The minimum atomic E-state index is -1.02. The molecule has 1 amide bonds. The van der Waals surface area contributed by atoms with Gasteiger partial charge in [0.25, 0.3) is 11.5 Å². The standard InChI is InChI=1S/C19H14ClN3O4/c20-14-7-5-12(6-8-14)16-21-10-15(18(25)23-16)17(24)22-9-11-1-3-13(4-2-11)19(26)27/h1-8,10H,9H2,(H,22,24)(H,26,27)(H,21,23,25). The molecule has 3 N–H and O–H groups in total. The molecule has 7 nitrogen and oxygen atoms in total. The molecule has 3 aromatic rings. The number of carbonyl (C=O) groups excluding carboxylic acids is 1. The van der Waals surface area contributed by atoms with Crippen molar-refractivity contribution in [2.45, 2.75) is 6.54 Å². The molecule has 0 radical (unpaired) electrons. The van der Waals surface area contributed by atoms with Crippen molar-refractivity contribution in [1.29, 1.82) is 0 Å². The summed E-state index contributed by atoms with van der Waals surface area (Å²) in [6.07, 6.45) is 1.21. The van der Waals surface area contributed by atoms with Crippen molar-refractivity contribution >= 4 is 23.5 Å². The van der Waals surface area contributed by atoms with Crippen LogP contribution in [0.25, 0.3) is 11.4 Å². The molecule has 27 heavy (non-hydrogen) atoms. The summed E-state index contributed by atoms with van der Waals surface area (Å²) in [7, 11) is 0. The minimum Gasteiger partial charge on any atom is -0.478 e. The highest BCUT2D eigenvalue weighted by Gasteiger charge is 2.12. The zero-order valence-electron chi connectivity index (χ0n) is 13.9. The van der Waals surface area contributed by atoms with Gasteiger partial charge in [0.05, 0.1) is 5.56 Å². The summed E-state index contributed by atoms with van der Waals surface area (Å²) >= 11 is 5.83. The summed E-state index contributed by atoms with van der Waals surface area (Å²) in [6, 6.07) is 12.8. The summed E-state index contributed by atoms with van der Waals surface area (Å²) in [5, 5.41) is 12.0. The summed E-state index contributed by atoms with van der Waals surface area (Å²) in [6.45, 7) is 0.150. The number of benzene rings is 2. The Bertz CT molecular complexity index is 1040. The normalized spacial score (nSPS) is 10.4. The van der Waals surface area contributed by atoms with Crippen molar-refractivity contribution in [3.63, 3.8) is 0 Å². The number of hydrogen-bond acceptors (Lipinski definition) is 4. The fraction of sp³-hybridized carbons (Fsp3) is 0.0526. The summed E-state index contributed by atoms with van der Waals surface area (Å²) in [5.74, 6) is -1.27. The molecule has 2 aromatic carbocycles. The van der Waals surface area contributed by atoms with E-state index < -0.39 is 17.4 Å². The van der Waals surface area contributed by atoms with Crippen LogP contribution in [0.15, 0.2) is 59.5 Å². The minimum absolute atomic E-state index is 0.116. The van der Waals surface area contributed by atoms with Gasteiger partial charge in [0.1, 0.15) is 11.4 Å². The van der Waals surface area contributed by atoms with Gasteiger partial charge >= 0.3 is 5.97 Å². The predicted molar refractivity (Wildman–Crippen MR) is 99.9 cm³/mol. The first kappa shape index (κ1) is 18.3. The third-order valence-corrected chi connectivity index (χ3v) is 4.07. The van der Waals surface area contributed by atoms with Crippen molar-refractivity contribution in [2.24, 2.45) is 0 Å². The average Bonchev–Trinajstić information content (AvgIpc) is 2.67. The number of H-pyrrole nitrogens is 1. The van der Waals surface area contributed by atoms with Crippen LogP contribution in [0.2, 0.25) is 5.02 Å². The maximum Gasteiger partial charge on any atom is 0.335 e. The maximum atomic E-state index is 12.2. The number of nitrogens with zero attached hydrogens (tertiary/aromatic N) is 1. The molecule has 0 spiro atoms. The van der Waals surface area contributed by atoms with Crippen LogP contribution < -0.4 is 10.9 Å². The topological polar surface area (TPSA) is 112 Å². The molecule has 0 unspecified atom stereocenters. The predicted octanol–water partition coefficient (Wildman–Crippen LogP) is 2.72. The molecule has 0 saturated carbocycles. The van der Waals surface area contributed by atoms with E-state index in [0.717, 1.165) is 0 Å². The first-order chi connectivity index (χ1) is 12.9. The number of aromatic amines is 1. The lowest BCUT2D eigenvalue weighted by Gasteiger charge is -2.06. The molecular weight excluding hydrogens is 370 g/mol. The molecule has 1 heterocycles. The number of aromatic nitrogens is 2. The second kappa shape index (κ2) is 7.84. The Morgan fingerprint density at radius 3 is 2.33 bits per heavy atom. The Labute approximate surface area is 158 Å². The molecule has 0 bridgehead atoms. The fourth-order valence-corrected chi connectivity index (χ4v) is 2.48. The van der Waals surface area contributed by atoms with Crippen LogP contribution in [0.3, 0.4) is 0 Å². The zero-order chi connectivity index (χ0) is 19.4. The van der Waals surface area contributed by atoms with E-state index in [1.54, 1.807) is 36.4 Å². The number of hydrogen-bond donors (Lipinski definition) is 3. The zero-order valence-corrected chi connectivity index (χ0v) is 14.7. The lowest BCUT2D eigenvalue weighted by molar-refractivity contribution is 0.0696. The highest BCUT2D eigenvalue weighted by atomic mass is 35.5. The third-order valence-electron chi connectivity index (χ3n) is 3.82. The molecular formula is C19H14ClN3O4. The SMILES string of the molecule is O=C(O)c1ccc(CNC(=O)c2cnc(-c3ccc(Cl)cc3)[nH]c2=O)cc1. The second-order valence-corrected chi connectivity index (χ2v) is 6.10. The quantitative estimate of drug-likeness (QED) is 0.627. The molecule has 0 aliphatic heterocycles. The molecule has 8 heteroatoms. The number of amides is 1. The molecule has 0 saturated heterocycles. The first-order valence-corrected chi connectivity index (χ1v) is 8.27. The number of carboxylic acid groups (broad SMARTS) is 1. The molecule has 0 fully saturated rings. The van der Waals surface area contributed by atoms with E-state index in [-0.39, 0.29) is 17.7 Å². The van der Waals surface area contributed by atoms with Crippen LogP contribution in [0.4, 0.5) is 0 Å². The van der Waals surface area contributed by atoms with E-state index in [9.17, 15) is 14.4 Å². The number of nitrogens with one attached hydrogen (secondary N) is 2. The number of carboxylic acids is 1. The van der Waals surface area contributed by atoms with E-state index in [1.807, 2.05) is 0 Å². The molecule has 0 aliphatic carbocycles. The molecule has 3 rings (SSSR count). The van der Waals surface area contributed by atoms with Crippen LogP contribution in [0, 0.1) is 0 Å². The van der Waals surface area contributed by atoms with Crippen molar-refractivity contribution in [3.05, 3.63) is 86.8 Å². The number of carbonyl (C=O) groups is 2. The smallest absolute Gasteiger partial charge is 0.335 e. The Kier molecular flexibility index (Phi) is 5.33. The van der Waals surface area contributed by atoms with Crippen LogP contribution in [-0.2, 0) is 6.54 Å². The molecule has 1 aromatic heterocycles. The summed E-state index contributed by atoms with van der Waals surface area (Å²) < 4.78 is 0. The van der Waals surface area contributed by atoms with Crippen molar-refractivity contribution in [3.8, 4) is 11.4 Å². The van der Waals surface area contributed by atoms with Gasteiger partial charge in [0.2, 0.25) is 0 Å². The molecule has 0 aliphatic rings. The van der Waals surface area contributed by atoms with Gasteiger partial charge in [-0.25, -0.2) is 9.78 Å². The highest BCUT2D eigenvalue weighted by Crippen LogP contribution is 2.16. The summed E-state index contributed by atoms with van der Waals surface area (Å²) in [4.78, 5) is 42.0. The number of rotatable bonds is 5. The lowest BCUT2D eigenvalue weighted by atomic mass is 10.1. The second-order valence-electron chi connectivity index (χ2n) is 5.67. The number of halogens is 1. The van der Waals surface area contributed by atoms with Crippen LogP contribution >= 0.6 is 11.6 Å². The van der Waals surface area contributed by atoms with Gasteiger partial charge in [0.15, 0.2) is 0 Å². The van der Waals surface area contributed by atoms with Gasteiger partial charge in [-0.3, -0.25) is 9.59 Å². The van der Waals surface area contributed by atoms with E-state index in [4.69, 9.17) is 16.7 Å². The van der Waals surface area contributed by atoms with Gasteiger partial charge in [-0.15, -0.1) is 0 Å². The van der Waals surface area contributed by atoms with E-state index >= 15 is 0 Å². The van der Waals surface area contributed by atoms with E-state index in [1.165, 1.54) is 18.3 Å².